The SMILES string of the molecule is c1ccc(C2=C(n3c4ccccc4c4ccccc43)c3cccc4c3c3c5c2cccc5ccc3n4-c2nc(-c3ccc4ccccc4c3)c3ccccc3n2)cc1. The predicted molar refractivity (Wildman–Crippen MR) is 242 cm³/mol. The molecule has 0 spiro atoms. The van der Waals surface area contributed by atoms with Gasteiger partial charge in [-0.15, -0.1) is 0 Å². The average Bonchev–Trinajstić information content (AvgIpc) is 3.77. The van der Waals surface area contributed by atoms with Crippen LogP contribution >= 0.6 is 0 Å². The smallest absolute Gasteiger partial charge is 0.235 e. The molecule has 0 unspecified atom stereocenters. The van der Waals surface area contributed by atoms with E-state index in [2.05, 4.69) is 203 Å². The molecular weight excluding hydrogens is 705 g/mol. The Morgan fingerprint density at radius 2 is 0.966 bits per heavy atom. The van der Waals surface area contributed by atoms with Crippen molar-refractivity contribution in [2.45, 2.75) is 0 Å². The molecule has 0 aliphatic heterocycles. The van der Waals surface area contributed by atoms with Gasteiger partial charge in [-0.2, -0.15) is 0 Å². The van der Waals surface area contributed by atoms with Gasteiger partial charge in [0.1, 0.15) is 0 Å². The van der Waals surface area contributed by atoms with Gasteiger partial charge in [0.2, 0.25) is 5.95 Å². The van der Waals surface area contributed by atoms with Crippen LogP contribution in [0, 0.1) is 0 Å². The zero-order chi connectivity index (χ0) is 37.9. The van der Waals surface area contributed by atoms with Gasteiger partial charge in [0.25, 0.3) is 0 Å². The molecule has 0 saturated heterocycles. The van der Waals surface area contributed by atoms with E-state index < -0.39 is 0 Å². The predicted octanol–water partition coefficient (Wildman–Crippen LogP) is 13.6. The number of para-hydroxylation sites is 3. The molecule has 0 saturated carbocycles. The molecule has 9 aromatic carbocycles. The van der Waals surface area contributed by atoms with Crippen molar-refractivity contribution < 1.29 is 0 Å². The highest BCUT2D eigenvalue weighted by Crippen LogP contribution is 2.50. The second-order valence-corrected chi connectivity index (χ2v) is 15.3. The summed E-state index contributed by atoms with van der Waals surface area (Å²) in [5.41, 5.74) is 13.3. The van der Waals surface area contributed by atoms with Crippen molar-refractivity contribution in [1.29, 1.82) is 0 Å². The minimum Gasteiger partial charge on any atom is -0.308 e. The normalized spacial score (nSPS) is 12.8. The molecule has 1 aliphatic rings. The van der Waals surface area contributed by atoms with E-state index in [1.807, 2.05) is 0 Å². The Hall–Kier alpha value is -7.82. The minimum absolute atomic E-state index is 0.655. The van der Waals surface area contributed by atoms with Crippen LogP contribution in [-0.4, -0.2) is 19.1 Å². The van der Waals surface area contributed by atoms with Crippen LogP contribution in [0.1, 0.15) is 16.7 Å². The summed E-state index contributed by atoms with van der Waals surface area (Å²) in [6.07, 6.45) is 0. The average molecular weight is 737 g/mol. The van der Waals surface area contributed by atoms with E-state index in [1.54, 1.807) is 0 Å². The maximum absolute atomic E-state index is 5.52. The first-order valence-corrected chi connectivity index (χ1v) is 19.8. The summed E-state index contributed by atoms with van der Waals surface area (Å²) in [5.74, 6) is 0.655. The molecule has 268 valence electrons. The van der Waals surface area contributed by atoms with Gasteiger partial charge in [-0.25, -0.2) is 9.97 Å². The first kappa shape index (κ1) is 31.4. The van der Waals surface area contributed by atoms with Crippen molar-refractivity contribution in [3.8, 4) is 17.2 Å². The van der Waals surface area contributed by atoms with Gasteiger partial charge >= 0.3 is 0 Å². The Labute approximate surface area is 333 Å². The van der Waals surface area contributed by atoms with E-state index in [4.69, 9.17) is 9.97 Å². The third-order valence-electron chi connectivity index (χ3n) is 12.2. The van der Waals surface area contributed by atoms with Crippen LogP contribution in [0.4, 0.5) is 0 Å². The largest absolute Gasteiger partial charge is 0.308 e. The second kappa shape index (κ2) is 11.8. The van der Waals surface area contributed by atoms with Crippen molar-refractivity contribution >= 4 is 87.3 Å². The molecule has 0 fully saturated rings. The number of hydrogen-bond acceptors (Lipinski definition) is 2. The van der Waals surface area contributed by atoms with Crippen LogP contribution in [0.3, 0.4) is 0 Å². The van der Waals surface area contributed by atoms with E-state index >= 15 is 0 Å². The molecule has 1 aliphatic carbocycles. The Morgan fingerprint density at radius 1 is 0.345 bits per heavy atom. The summed E-state index contributed by atoms with van der Waals surface area (Å²) in [7, 11) is 0. The van der Waals surface area contributed by atoms with Crippen LogP contribution in [0.25, 0.3) is 105 Å². The molecule has 0 amide bonds. The molecule has 3 aromatic heterocycles. The zero-order valence-corrected chi connectivity index (χ0v) is 31.3. The molecule has 3 heterocycles. The fourth-order valence-corrected chi connectivity index (χ4v) is 9.82. The molecule has 0 atom stereocenters. The Kier molecular flexibility index (Phi) is 6.41. The molecular formula is C54H32N4. The van der Waals surface area contributed by atoms with Crippen LogP contribution in [-0.2, 0) is 0 Å². The number of rotatable bonds is 4. The summed E-state index contributed by atoms with van der Waals surface area (Å²) >= 11 is 0. The van der Waals surface area contributed by atoms with Crippen molar-refractivity contribution in [2.24, 2.45) is 0 Å². The van der Waals surface area contributed by atoms with Gasteiger partial charge < -0.3 is 4.57 Å². The number of benzene rings is 9. The minimum atomic E-state index is 0.655. The molecule has 13 rings (SSSR count). The lowest BCUT2D eigenvalue weighted by Crippen LogP contribution is -2.06. The summed E-state index contributed by atoms with van der Waals surface area (Å²) in [6.45, 7) is 0. The number of hydrogen-bond donors (Lipinski definition) is 0. The molecule has 4 heteroatoms. The van der Waals surface area contributed by atoms with E-state index in [0.29, 0.717) is 5.95 Å². The highest BCUT2D eigenvalue weighted by atomic mass is 15.2. The quantitative estimate of drug-likeness (QED) is 0.180. The van der Waals surface area contributed by atoms with Crippen LogP contribution < -0.4 is 0 Å². The van der Waals surface area contributed by atoms with Gasteiger partial charge in [-0.1, -0.05) is 158 Å². The maximum atomic E-state index is 5.52. The number of aromatic nitrogens is 4. The second-order valence-electron chi connectivity index (χ2n) is 15.3. The molecule has 4 nitrogen and oxygen atoms in total. The summed E-state index contributed by atoms with van der Waals surface area (Å²) in [5, 5.41) is 10.7. The highest BCUT2D eigenvalue weighted by molar-refractivity contribution is 6.30. The monoisotopic (exact) mass is 736 g/mol. The Bertz CT molecular complexity index is 3680. The van der Waals surface area contributed by atoms with Crippen LogP contribution in [0.15, 0.2) is 194 Å². The van der Waals surface area contributed by atoms with E-state index in [-0.39, 0.29) is 0 Å². The lowest BCUT2D eigenvalue weighted by atomic mass is 9.91. The summed E-state index contributed by atoms with van der Waals surface area (Å²) in [6, 6.07) is 70.2. The number of nitrogens with zero attached hydrogens (tertiary/aromatic N) is 4. The van der Waals surface area contributed by atoms with E-state index in [9.17, 15) is 0 Å². The highest BCUT2D eigenvalue weighted by Gasteiger charge is 2.30. The van der Waals surface area contributed by atoms with Gasteiger partial charge in [0.05, 0.1) is 39.0 Å². The standard InChI is InChI=1S/C54H32N4/c1-2-15-34(16-3-1)49-41-22-12-18-35-30-31-47-51(48(35)41)50-42(53(49)57-44-25-10-7-19-38(44)39-20-8-11-26-45(39)57)23-13-27-46(50)58(47)54-55-43-24-9-6-21-40(43)52(56-54)37-29-28-33-14-4-5-17-36(33)32-37/h1-32H. The van der Waals surface area contributed by atoms with Gasteiger partial charge in [0.15, 0.2) is 0 Å². The summed E-state index contributed by atoms with van der Waals surface area (Å²) < 4.78 is 4.82. The fraction of sp³-hybridized carbons (Fsp3) is 0. The van der Waals surface area contributed by atoms with Gasteiger partial charge in [-0.05, 0) is 69.1 Å². The lowest BCUT2D eigenvalue weighted by molar-refractivity contribution is 1.01. The maximum Gasteiger partial charge on any atom is 0.235 e. The third kappa shape index (κ3) is 4.29. The number of fused-ring (bicyclic) bond motifs is 5. The van der Waals surface area contributed by atoms with Gasteiger partial charge in [-0.3, -0.25) is 4.57 Å². The molecule has 0 bridgehead atoms. The van der Waals surface area contributed by atoms with Crippen molar-refractivity contribution in [3.63, 3.8) is 0 Å². The lowest BCUT2D eigenvalue weighted by Gasteiger charge is -2.21. The van der Waals surface area contributed by atoms with Gasteiger partial charge in [0, 0.05) is 43.6 Å². The van der Waals surface area contributed by atoms with Crippen LogP contribution in [0.2, 0.25) is 0 Å². The molecule has 0 N–H and O–H groups in total. The zero-order valence-electron chi connectivity index (χ0n) is 31.3. The topological polar surface area (TPSA) is 35.6 Å². The molecule has 12 aromatic rings. The van der Waals surface area contributed by atoms with Crippen molar-refractivity contribution in [1.82, 2.24) is 19.1 Å². The first-order chi connectivity index (χ1) is 28.8. The molecule has 58 heavy (non-hydrogen) atoms. The van der Waals surface area contributed by atoms with E-state index in [1.165, 1.54) is 76.4 Å². The van der Waals surface area contributed by atoms with Crippen LogP contribution in [0.5, 0.6) is 0 Å². The fourth-order valence-electron chi connectivity index (χ4n) is 9.82. The Morgan fingerprint density at radius 3 is 1.79 bits per heavy atom. The Balaban J connectivity index is 1.20. The molecule has 0 radical (unpaired) electrons. The van der Waals surface area contributed by atoms with E-state index in [0.717, 1.165) is 38.9 Å². The third-order valence-corrected chi connectivity index (χ3v) is 12.2. The van der Waals surface area contributed by atoms with Crippen molar-refractivity contribution in [3.05, 3.63) is 211 Å². The summed E-state index contributed by atoms with van der Waals surface area (Å²) in [4.78, 5) is 10.9. The first-order valence-electron chi connectivity index (χ1n) is 19.8. The van der Waals surface area contributed by atoms with Crippen molar-refractivity contribution in [2.75, 3.05) is 0 Å².